The lowest BCUT2D eigenvalue weighted by atomic mass is 9.91. The number of hydrogen-bond acceptors (Lipinski definition) is 5. The van der Waals surface area contributed by atoms with Crippen LogP contribution in [-0.2, 0) is 9.53 Å². The first-order chi connectivity index (χ1) is 17.9. The van der Waals surface area contributed by atoms with Crippen LogP contribution in [0.5, 0.6) is 0 Å². The van der Waals surface area contributed by atoms with Crippen molar-refractivity contribution in [1.29, 1.82) is 0 Å². The van der Waals surface area contributed by atoms with Gasteiger partial charge >= 0.3 is 0 Å². The molecule has 1 aliphatic carbocycles. The topological polar surface area (TPSA) is 73.4 Å². The highest BCUT2D eigenvalue weighted by Gasteiger charge is 2.43. The van der Waals surface area contributed by atoms with Crippen molar-refractivity contribution in [2.24, 2.45) is 0 Å². The van der Waals surface area contributed by atoms with Crippen LogP contribution in [0.3, 0.4) is 0 Å². The van der Waals surface area contributed by atoms with E-state index in [0.29, 0.717) is 5.69 Å². The number of carbonyl (C=O) groups excluding carboxylic acids is 1. The van der Waals surface area contributed by atoms with Crippen molar-refractivity contribution >= 4 is 22.6 Å². The summed E-state index contributed by atoms with van der Waals surface area (Å²) in [5.74, 6) is -0.567. The van der Waals surface area contributed by atoms with Crippen LogP contribution in [0.1, 0.15) is 61.5 Å². The molecule has 37 heavy (non-hydrogen) atoms. The third kappa shape index (κ3) is 3.92. The number of fused-ring (bicyclic) bond motifs is 1. The molecule has 2 aromatic carbocycles. The number of aryl methyl sites for hydroxylation is 2. The van der Waals surface area contributed by atoms with Gasteiger partial charge in [-0.05, 0) is 69.4 Å². The molecule has 9 heteroatoms. The Morgan fingerprint density at radius 3 is 2.46 bits per heavy atom. The molecule has 2 aliphatic rings. The maximum absolute atomic E-state index is 14.1. The number of β-lactam (4-membered cyclic amide) rings is 1. The molecule has 1 atom stereocenters. The van der Waals surface area contributed by atoms with E-state index in [-0.39, 0.29) is 30.5 Å². The van der Waals surface area contributed by atoms with Crippen LogP contribution >= 0.6 is 0 Å². The number of rotatable bonds is 5. The molecule has 7 nitrogen and oxygen atoms in total. The zero-order chi connectivity index (χ0) is 25.8. The lowest BCUT2D eigenvalue weighted by molar-refractivity contribution is -0.124. The fourth-order valence-corrected chi connectivity index (χ4v) is 5.91. The highest BCUT2D eigenvalue weighted by molar-refractivity contribution is 6.01. The summed E-state index contributed by atoms with van der Waals surface area (Å²) < 4.78 is 40.9. The van der Waals surface area contributed by atoms with Crippen LogP contribution < -0.4 is 4.90 Å². The number of ether oxygens (including phenoxy) is 1. The summed E-state index contributed by atoms with van der Waals surface area (Å²) in [4.78, 5) is 19.3. The van der Waals surface area contributed by atoms with Crippen molar-refractivity contribution < 1.29 is 22.8 Å². The minimum Gasteiger partial charge on any atom is -0.381 e. The van der Waals surface area contributed by atoms with E-state index >= 15 is 0 Å². The molecule has 6 rings (SSSR count). The smallest absolute Gasteiger partial charge is 0.230 e. The zero-order valence-electron chi connectivity index (χ0n) is 21.0. The number of benzene rings is 2. The van der Waals surface area contributed by atoms with E-state index in [1.165, 1.54) is 11.0 Å². The van der Waals surface area contributed by atoms with E-state index in [4.69, 9.17) is 14.2 Å². The van der Waals surface area contributed by atoms with Gasteiger partial charge in [-0.3, -0.25) is 4.79 Å². The molecule has 0 radical (unpaired) electrons. The van der Waals surface area contributed by atoms with E-state index in [2.05, 4.69) is 21.9 Å². The van der Waals surface area contributed by atoms with Crippen molar-refractivity contribution in [3.63, 3.8) is 0 Å². The quantitative estimate of drug-likeness (QED) is 0.302. The second kappa shape index (κ2) is 9.06. The second-order valence-corrected chi connectivity index (χ2v) is 9.99. The minimum absolute atomic E-state index is 0.144. The van der Waals surface area contributed by atoms with Crippen molar-refractivity contribution in [3.8, 4) is 11.1 Å². The SMILES string of the molecule is COC1CCC(n2c([C@H]3CC(=O)N3c3ccc(F)c(F)c3)nc3cc(-c4c(C)noc4C)ccc32)CC1. The molecule has 1 saturated carbocycles. The Labute approximate surface area is 213 Å². The summed E-state index contributed by atoms with van der Waals surface area (Å²) in [5, 5.41) is 4.09. The van der Waals surface area contributed by atoms with E-state index in [1.807, 2.05) is 19.9 Å². The molecule has 0 spiro atoms. The number of anilines is 1. The lowest BCUT2D eigenvalue weighted by Crippen LogP contribution is -2.48. The molecule has 3 heterocycles. The second-order valence-electron chi connectivity index (χ2n) is 9.99. The standard InChI is InChI=1S/C28H28F2N4O3/c1-15-27(16(2)37-32-15)17-4-11-24-23(12-17)31-28(34(24)18-5-8-20(36-3)9-6-18)25-14-26(35)33(25)19-7-10-21(29)22(30)13-19/h4,7,10-13,18,20,25H,5-6,8-9,14H2,1-3H3/t18?,20?,25-/m1/s1. The largest absolute Gasteiger partial charge is 0.381 e. The molecule has 2 aromatic heterocycles. The van der Waals surface area contributed by atoms with Gasteiger partial charge in [-0.2, -0.15) is 0 Å². The van der Waals surface area contributed by atoms with Gasteiger partial charge in [0.25, 0.3) is 0 Å². The van der Waals surface area contributed by atoms with Crippen molar-refractivity contribution in [2.75, 3.05) is 12.0 Å². The van der Waals surface area contributed by atoms with Crippen LogP contribution in [0.2, 0.25) is 0 Å². The Kier molecular flexibility index (Phi) is 5.82. The Morgan fingerprint density at radius 1 is 1.03 bits per heavy atom. The van der Waals surface area contributed by atoms with Crippen LogP contribution in [0.15, 0.2) is 40.9 Å². The molecule has 0 bridgehead atoms. The fourth-order valence-electron chi connectivity index (χ4n) is 5.91. The van der Waals surface area contributed by atoms with E-state index in [1.54, 1.807) is 7.11 Å². The summed E-state index contributed by atoms with van der Waals surface area (Å²) in [6, 6.07) is 9.55. The third-order valence-electron chi connectivity index (χ3n) is 7.81. The molecule has 1 amide bonds. The van der Waals surface area contributed by atoms with Crippen molar-refractivity contribution in [1.82, 2.24) is 14.7 Å². The zero-order valence-corrected chi connectivity index (χ0v) is 21.0. The maximum Gasteiger partial charge on any atom is 0.230 e. The van der Waals surface area contributed by atoms with Gasteiger partial charge < -0.3 is 18.7 Å². The van der Waals surface area contributed by atoms with Gasteiger partial charge in [0.05, 0.1) is 29.3 Å². The van der Waals surface area contributed by atoms with Crippen LogP contribution in [0, 0.1) is 25.5 Å². The average molecular weight is 507 g/mol. The molecule has 2 fully saturated rings. The molecule has 1 aliphatic heterocycles. The first-order valence-electron chi connectivity index (χ1n) is 12.6. The van der Waals surface area contributed by atoms with Gasteiger partial charge in [0.2, 0.25) is 5.91 Å². The molecule has 0 N–H and O–H groups in total. The van der Waals surface area contributed by atoms with E-state index in [9.17, 15) is 13.6 Å². The Balaban J connectivity index is 1.46. The van der Waals surface area contributed by atoms with Gasteiger partial charge in [-0.25, -0.2) is 13.8 Å². The Bertz CT molecular complexity index is 1480. The number of nitrogens with zero attached hydrogens (tertiary/aromatic N) is 4. The van der Waals surface area contributed by atoms with Crippen LogP contribution in [-0.4, -0.2) is 33.8 Å². The fraction of sp³-hybridized carbons (Fsp3) is 0.393. The summed E-state index contributed by atoms with van der Waals surface area (Å²) >= 11 is 0. The highest BCUT2D eigenvalue weighted by atomic mass is 19.2. The first-order valence-corrected chi connectivity index (χ1v) is 12.6. The summed E-state index contributed by atoms with van der Waals surface area (Å²) in [7, 11) is 1.75. The number of carbonyl (C=O) groups is 1. The number of amides is 1. The third-order valence-corrected chi connectivity index (χ3v) is 7.81. The Hall–Kier alpha value is -3.59. The molecule has 1 saturated heterocycles. The van der Waals surface area contributed by atoms with Crippen LogP contribution in [0.4, 0.5) is 14.5 Å². The molecule has 192 valence electrons. The van der Waals surface area contributed by atoms with Gasteiger partial charge in [-0.1, -0.05) is 11.2 Å². The van der Waals surface area contributed by atoms with Gasteiger partial charge in [0, 0.05) is 30.5 Å². The average Bonchev–Trinajstić information content (AvgIpc) is 3.43. The monoisotopic (exact) mass is 506 g/mol. The number of imidazole rings is 1. The van der Waals surface area contributed by atoms with Crippen molar-refractivity contribution in [2.45, 2.75) is 64.1 Å². The number of aromatic nitrogens is 3. The lowest BCUT2D eigenvalue weighted by Gasteiger charge is -2.41. The number of halogens is 2. The Morgan fingerprint density at radius 2 is 1.81 bits per heavy atom. The minimum atomic E-state index is -0.980. The number of hydrogen-bond donors (Lipinski definition) is 0. The summed E-state index contributed by atoms with van der Waals surface area (Å²) in [6.07, 6.45) is 4.22. The predicted octanol–water partition coefficient (Wildman–Crippen LogP) is 6.19. The highest BCUT2D eigenvalue weighted by Crippen LogP contribution is 2.43. The summed E-state index contributed by atoms with van der Waals surface area (Å²) in [6.45, 7) is 3.80. The van der Waals surface area contributed by atoms with Gasteiger partial charge in [-0.15, -0.1) is 0 Å². The van der Waals surface area contributed by atoms with Crippen molar-refractivity contribution in [3.05, 3.63) is 65.3 Å². The predicted molar refractivity (Wildman–Crippen MR) is 134 cm³/mol. The molecule has 0 unspecified atom stereocenters. The van der Waals surface area contributed by atoms with Crippen LogP contribution in [0.25, 0.3) is 22.2 Å². The molecular weight excluding hydrogens is 478 g/mol. The number of methoxy groups -OCH3 is 1. The van der Waals surface area contributed by atoms with E-state index in [0.717, 1.165) is 77.3 Å². The van der Waals surface area contributed by atoms with Gasteiger partial charge in [0.1, 0.15) is 17.6 Å². The summed E-state index contributed by atoms with van der Waals surface area (Å²) in [5.41, 5.74) is 4.84. The first kappa shape index (κ1) is 23.8. The molecular formula is C28H28F2N4O3. The maximum atomic E-state index is 14.1. The van der Waals surface area contributed by atoms with E-state index < -0.39 is 11.6 Å². The normalized spacial score (nSPS) is 22.0. The van der Waals surface area contributed by atoms with Gasteiger partial charge in [0.15, 0.2) is 11.6 Å². The molecule has 4 aromatic rings.